The Morgan fingerprint density at radius 2 is 2.00 bits per heavy atom. The minimum atomic E-state index is -0.0133. The van der Waals surface area contributed by atoms with Crippen LogP contribution in [0.3, 0.4) is 0 Å². The van der Waals surface area contributed by atoms with Crippen LogP contribution in [0.4, 0.5) is 4.39 Å². The summed E-state index contributed by atoms with van der Waals surface area (Å²) in [5, 5.41) is 8.73. The third-order valence-electron chi connectivity index (χ3n) is 3.15. The highest BCUT2D eigenvalue weighted by atomic mass is 19.1. The summed E-state index contributed by atoms with van der Waals surface area (Å²) in [7, 11) is 0. The van der Waals surface area contributed by atoms with Gasteiger partial charge in [0.25, 0.3) is 0 Å². The first-order valence-electron chi connectivity index (χ1n) is 5.73. The Balaban J connectivity index is 2.26. The molecule has 0 bridgehead atoms. The second-order valence-electron chi connectivity index (χ2n) is 4.21. The van der Waals surface area contributed by atoms with E-state index in [0.29, 0.717) is 12.8 Å². The molecule has 0 unspecified atom stereocenters. The summed E-state index contributed by atoms with van der Waals surface area (Å²) < 4.78 is 14.0. The largest absolute Gasteiger partial charge is 0.396 e. The van der Waals surface area contributed by atoms with Gasteiger partial charge in [-0.15, -0.1) is 0 Å². The molecule has 2 rings (SSSR count). The predicted octanol–water partition coefficient (Wildman–Crippen LogP) is 2.63. The van der Waals surface area contributed by atoms with Crippen LogP contribution in [0, 0.1) is 5.82 Å². The van der Waals surface area contributed by atoms with Crippen molar-refractivity contribution in [3.63, 3.8) is 0 Å². The van der Waals surface area contributed by atoms with Crippen molar-refractivity contribution in [1.82, 2.24) is 0 Å². The third-order valence-corrected chi connectivity index (χ3v) is 3.15. The molecule has 1 aliphatic carbocycles. The minimum Gasteiger partial charge on any atom is -0.396 e. The quantitative estimate of drug-likeness (QED) is 0.809. The lowest BCUT2D eigenvalue weighted by Crippen LogP contribution is -2.08. The fraction of sp³-hybridized carbons (Fsp3) is 0.538. The number of halogens is 1. The van der Waals surface area contributed by atoms with Gasteiger partial charge < -0.3 is 5.11 Å². The van der Waals surface area contributed by atoms with Gasteiger partial charge >= 0.3 is 0 Å². The maximum absolute atomic E-state index is 14.0. The van der Waals surface area contributed by atoms with Gasteiger partial charge in [0.15, 0.2) is 0 Å². The molecule has 1 aromatic carbocycles. The van der Waals surface area contributed by atoms with Gasteiger partial charge in [-0.2, -0.15) is 0 Å². The Labute approximate surface area is 89.9 Å². The molecule has 0 aromatic heterocycles. The van der Waals surface area contributed by atoms with Gasteiger partial charge in [-0.1, -0.05) is 12.1 Å². The first-order chi connectivity index (χ1) is 7.33. The standard InChI is InChI=1S/C13H17FO/c14-13-11(5-3-9-15)8-7-10-4-1-2-6-12(10)13/h7-8,15H,1-6,9H2. The van der Waals surface area contributed by atoms with Crippen LogP contribution in [0.1, 0.15) is 36.0 Å². The van der Waals surface area contributed by atoms with Crippen LogP contribution < -0.4 is 0 Å². The summed E-state index contributed by atoms with van der Waals surface area (Å²) >= 11 is 0. The molecule has 2 heteroatoms. The van der Waals surface area contributed by atoms with E-state index in [2.05, 4.69) is 6.07 Å². The number of benzene rings is 1. The molecule has 0 amide bonds. The van der Waals surface area contributed by atoms with Crippen LogP contribution in [0.15, 0.2) is 12.1 Å². The summed E-state index contributed by atoms with van der Waals surface area (Å²) in [5.41, 5.74) is 2.88. The van der Waals surface area contributed by atoms with Gasteiger partial charge in [0, 0.05) is 6.61 Å². The topological polar surface area (TPSA) is 20.2 Å². The number of hydrogen-bond acceptors (Lipinski definition) is 1. The van der Waals surface area contributed by atoms with Gasteiger partial charge in [-0.3, -0.25) is 0 Å². The van der Waals surface area contributed by atoms with Crippen LogP contribution in [0.2, 0.25) is 0 Å². The van der Waals surface area contributed by atoms with Crippen molar-refractivity contribution in [2.75, 3.05) is 6.61 Å². The molecule has 1 nitrogen and oxygen atoms in total. The van der Waals surface area contributed by atoms with Crippen molar-refractivity contribution in [1.29, 1.82) is 0 Å². The Kier molecular flexibility index (Phi) is 3.37. The Bertz CT molecular complexity index is 347. The monoisotopic (exact) mass is 208 g/mol. The molecule has 0 saturated carbocycles. The average Bonchev–Trinajstić information content (AvgIpc) is 2.29. The molecule has 15 heavy (non-hydrogen) atoms. The van der Waals surface area contributed by atoms with Gasteiger partial charge in [0.1, 0.15) is 5.82 Å². The van der Waals surface area contributed by atoms with Crippen LogP contribution in [0.5, 0.6) is 0 Å². The molecular formula is C13H17FO. The van der Waals surface area contributed by atoms with Crippen LogP contribution >= 0.6 is 0 Å². The fourth-order valence-electron chi connectivity index (χ4n) is 2.29. The lowest BCUT2D eigenvalue weighted by molar-refractivity contribution is 0.288. The molecule has 0 heterocycles. The Morgan fingerprint density at radius 3 is 2.80 bits per heavy atom. The fourth-order valence-corrected chi connectivity index (χ4v) is 2.29. The number of fused-ring (bicyclic) bond motifs is 1. The SMILES string of the molecule is OCCCc1ccc2c(c1F)CCCC2. The third kappa shape index (κ3) is 2.20. The summed E-state index contributed by atoms with van der Waals surface area (Å²) in [6, 6.07) is 3.94. The summed E-state index contributed by atoms with van der Waals surface area (Å²) in [4.78, 5) is 0. The van der Waals surface area contributed by atoms with E-state index in [0.717, 1.165) is 30.4 Å². The Hall–Kier alpha value is -0.890. The van der Waals surface area contributed by atoms with Crippen LogP contribution in [0.25, 0.3) is 0 Å². The second-order valence-corrected chi connectivity index (χ2v) is 4.21. The zero-order chi connectivity index (χ0) is 10.7. The predicted molar refractivity (Wildman–Crippen MR) is 58.4 cm³/mol. The van der Waals surface area contributed by atoms with E-state index in [4.69, 9.17) is 5.11 Å². The smallest absolute Gasteiger partial charge is 0.129 e. The highest BCUT2D eigenvalue weighted by Crippen LogP contribution is 2.26. The summed E-state index contributed by atoms with van der Waals surface area (Å²) in [6.07, 6.45) is 5.49. The van der Waals surface area contributed by atoms with Crippen molar-refractivity contribution in [2.24, 2.45) is 0 Å². The normalized spacial score (nSPS) is 15.1. The van der Waals surface area contributed by atoms with Crippen molar-refractivity contribution >= 4 is 0 Å². The number of aliphatic hydroxyl groups is 1. The van der Waals surface area contributed by atoms with E-state index in [-0.39, 0.29) is 12.4 Å². The molecule has 82 valence electrons. The van der Waals surface area contributed by atoms with Crippen molar-refractivity contribution in [2.45, 2.75) is 38.5 Å². The molecule has 0 fully saturated rings. The number of hydrogen-bond donors (Lipinski definition) is 1. The van der Waals surface area contributed by atoms with E-state index >= 15 is 0 Å². The first kappa shape index (κ1) is 10.6. The molecule has 0 radical (unpaired) electrons. The second kappa shape index (κ2) is 4.75. The minimum absolute atomic E-state index is 0.0133. The highest BCUT2D eigenvalue weighted by Gasteiger charge is 2.15. The van der Waals surface area contributed by atoms with Crippen molar-refractivity contribution < 1.29 is 9.50 Å². The molecular weight excluding hydrogens is 191 g/mol. The van der Waals surface area contributed by atoms with Crippen LogP contribution in [-0.4, -0.2) is 11.7 Å². The average molecular weight is 208 g/mol. The molecule has 1 aliphatic rings. The van der Waals surface area contributed by atoms with E-state index in [1.165, 1.54) is 12.0 Å². The van der Waals surface area contributed by atoms with E-state index in [1.54, 1.807) is 0 Å². The van der Waals surface area contributed by atoms with Gasteiger partial charge in [-0.05, 0) is 55.2 Å². The summed E-state index contributed by atoms with van der Waals surface area (Å²) in [6.45, 7) is 0.135. The first-order valence-corrected chi connectivity index (χ1v) is 5.73. The van der Waals surface area contributed by atoms with Crippen molar-refractivity contribution in [3.8, 4) is 0 Å². The molecule has 0 saturated heterocycles. The molecule has 1 N–H and O–H groups in total. The van der Waals surface area contributed by atoms with Gasteiger partial charge in [-0.25, -0.2) is 4.39 Å². The van der Waals surface area contributed by atoms with Gasteiger partial charge in [0.2, 0.25) is 0 Å². The zero-order valence-corrected chi connectivity index (χ0v) is 8.93. The van der Waals surface area contributed by atoms with Crippen molar-refractivity contribution in [3.05, 3.63) is 34.6 Å². The Morgan fingerprint density at radius 1 is 1.20 bits per heavy atom. The maximum atomic E-state index is 14.0. The molecule has 0 atom stereocenters. The lowest BCUT2D eigenvalue weighted by Gasteiger charge is -2.18. The summed E-state index contributed by atoms with van der Waals surface area (Å²) in [5.74, 6) is -0.0133. The van der Waals surface area contributed by atoms with E-state index < -0.39 is 0 Å². The number of aliphatic hydroxyl groups excluding tert-OH is 1. The van der Waals surface area contributed by atoms with Gasteiger partial charge in [0.05, 0.1) is 0 Å². The molecule has 0 aliphatic heterocycles. The van der Waals surface area contributed by atoms with Crippen LogP contribution in [-0.2, 0) is 19.3 Å². The zero-order valence-electron chi connectivity index (χ0n) is 8.93. The number of rotatable bonds is 3. The molecule has 0 spiro atoms. The van der Waals surface area contributed by atoms with E-state index in [1.807, 2.05) is 6.07 Å². The molecule has 1 aromatic rings. The van der Waals surface area contributed by atoms with E-state index in [9.17, 15) is 4.39 Å². The highest BCUT2D eigenvalue weighted by molar-refractivity contribution is 5.35. The maximum Gasteiger partial charge on any atom is 0.129 e. The lowest BCUT2D eigenvalue weighted by atomic mass is 9.89. The number of aryl methyl sites for hydroxylation is 2.